The van der Waals surface area contributed by atoms with E-state index in [0.29, 0.717) is 18.0 Å². The minimum Gasteiger partial charge on any atom is -0.497 e. The van der Waals surface area contributed by atoms with E-state index in [0.717, 1.165) is 12.1 Å². The highest BCUT2D eigenvalue weighted by atomic mass is 16.5. The first kappa shape index (κ1) is 15.4. The fourth-order valence-corrected chi connectivity index (χ4v) is 2.64. The van der Waals surface area contributed by atoms with Crippen molar-refractivity contribution >= 4 is 23.2 Å². The Balaban J connectivity index is 2.66. The predicted octanol–water partition coefficient (Wildman–Crippen LogP) is 2.44. The number of benzene rings is 1. The Bertz CT molecular complexity index is 581. The van der Waals surface area contributed by atoms with Gasteiger partial charge < -0.3 is 14.5 Å². The van der Waals surface area contributed by atoms with Crippen LogP contribution in [0, 0.1) is 5.41 Å². The quantitative estimate of drug-likeness (QED) is 0.803. The molecule has 0 saturated heterocycles. The molecule has 1 aromatic carbocycles. The van der Waals surface area contributed by atoms with Crippen LogP contribution in [-0.2, 0) is 9.59 Å². The number of hydrogen-bond acceptors (Lipinski definition) is 3. The Kier molecular flexibility index (Phi) is 3.94. The van der Waals surface area contributed by atoms with Crippen molar-refractivity contribution in [2.24, 2.45) is 5.41 Å². The van der Waals surface area contributed by atoms with Crippen LogP contribution in [0.5, 0.6) is 5.75 Å². The summed E-state index contributed by atoms with van der Waals surface area (Å²) in [6.07, 6.45) is 0.825. The number of rotatable bonds is 3. The smallest absolute Gasteiger partial charge is 0.242 e. The largest absolute Gasteiger partial charge is 0.497 e. The van der Waals surface area contributed by atoms with Gasteiger partial charge in [-0.3, -0.25) is 9.59 Å². The van der Waals surface area contributed by atoms with Gasteiger partial charge in [-0.05, 0) is 32.4 Å². The highest BCUT2D eigenvalue weighted by Gasteiger charge is 2.45. The number of carbonyl (C=O) groups is 2. The van der Waals surface area contributed by atoms with Gasteiger partial charge in [-0.25, -0.2) is 0 Å². The minimum atomic E-state index is -1.07. The zero-order chi connectivity index (χ0) is 15.8. The normalized spacial score (nSPS) is 17.6. The van der Waals surface area contributed by atoms with Crippen LogP contribution in [0.2, 0.25) is 0 Å². The van der Waals surface area contributed by atoms with Gasteiger partial charge in [0.25, 0.3) is 0 Å². The summed E-state index contributed by atoms with van der Waals surface area (Å²) in [4.78, 5) is 28.7. The second-order valence-corrected chi connectivity index (χ2v) is 5.80. The van der Waals surface area contributed by atoms with E-state index in [9.17, 15) is 9.59 Å². The van der Waals surface area contributed by atoms with Crippen molar-refractivity contribution in [3.8, 4) is 5.75 Å². The summed E-state index contributed by atoms with van der Waals surface area (Å²) in [5, 5.41) is 0. The minimum absolute atomic E-state index is 0.162. The topological polar surface area (TPSA) is 49.9 Å². The molecule has 0 bridgehead atoms. The van der Waals surface area contributed by atoms with Gasteiger partial charge in [0.15, 0.2) is 0 Å². The molecule has 2 rings (SSSR count). The lowest BCUT2D eigenvalue weighted by Gasteiger charge is -2.27. The van der Waals surface area contributed by atoms with Gasteiger partial charge in [0.2, 0.25) is 11.8 Å². The Hall–Kier alpha value is -2.04. The number of carbonyl (C=O) groups excluding carboxylic acids is 2. The molecule has 0 spiro atoms. The molecule has 0 atom stereocenters. The molecule has 0 fully saturated rings. The van der Waals surface area contributed by atoms with Gasteiger partial charge >= 0.3 is 0 Å². The number of amides is 2. The molecule has 0 saturated carbocycles. The van der Waals surface area contributed by atoms with Crippen LogP contribution in [0.4, 0.5) is 11.4 Å². The fraction of sp³-hybridized carbons (Fsp3) is 0.500. The van der Waals surface area contributed by atoms with Gasteiger partial charge in [0.05, 0.1) is 18.5 Å². The fourth-order valence-electron chi connectivity index (χ4n) is 2.64. The first-order chi connectivity index (χ1) is 9.84. The SMILES string of the molecule is CCCN1C(=O)C(C)(C)C(=O)N(C)c2cc(OC)ccc21. The maximum Gasteiger partial charge on any atom is 0.242 e. The molecule has 0 radical (unpaired) electrons. The summed E-state index contributed by atoms with van der Waals surface area (Å²) in [6, 6.07) is 5.45. The number of methoxy groups -OCH3 is 1. The molecular formula is C16H22N2O3. The molecule has 114 valence electrons. The van der Waals surface area contributed by atoms with E-state index in [1.54, 1.807) is 43.9 Å². The summed E-state index contributed by atoms with van der Waals surface area (Å²) in [7, 11) is 3.28. The molecule has 1 heterocycles. The first-order valence-corrected chi connectivity index (χ1v) is 7.12. The second-order valence-electron chi connectivity index (χ2n) is 5.80. The molecule has 2 amide bonds. The van der Waals surface area contributed by atoms with Gasteiger partial charge in [-0.2, -0.15) is 0 Å². The lowest BCUT2D eigenvalue weighted by Crippen LogP contribution is -2.47. The monoisotopic (exact) mass is 290 g/mol. The van der Waals surface area contributed by atoms with Crippen LogP contribution in [0.15, 0.2) is 18.2 Å². The summed E-state index contributed by atoms with van der Waals surface area (Å²) in [5.41, 5.74) is 0.381. The Morgan fingerprint density at radius 2 is 1.81 bits per heavy atom. The summed E-state index contributed by atoms with van der Waals surface area (Å²) in [5.74, 6) is 0.294. The van der Waals surface area contributed by atoms with E-state index in [2.05, 4.69) is 0 Å². The number of ether oxygens (including phenoxy) is 1. The van der Waals surface area contributed by atoms with Crippen LogP contribution in [-0.4, -0.2) is 32.5 Å². The lowest BCUT2D eigenvalue weighted by atomic mass is 9.90. The van der Waals surface area contributed by atoms with Gasteiger partial charge in [0, 0.05) is 19.7 Å². The molecular weight excluding hydrogens is 268 g/mol. The Labute approximate surface area is 125 Å². The Morgan fingerprint density at radius 3 is 2.38 bits per heavy atom. The van der Waals surface area contributed by atoms with Gasteiger partial charge in [0.1, 0.15) is 11.2 Å². The molecule has 5 heteroatoms. The zero-order valence-corrected chi connectivity index (χ0v) is 13.3. The van der Waals surface area contributed by atoms with Crippen LogP contribution in [0.25, 0.3) is 0 Å². The standard InChI is InChI=1S/C16H22N2O3/c1-6-9-18-12-8-7-11(21-5)10-13(12)17(4)14(19)16(2,3)15(18)20/h7-8,10H,6,9H2,1-5H3. The number of hydrogen-bond donors (Lipinski definition) is 0. The molecule has 0 aromatic heterocycles. The highest BCUT2D eigenvalue weighted by molar-refractivity contribution is 6.20. The maximum atomic E-state index is 12.8. The average Bonchev–Trinajstić information content (AvgIpc) is 2.53. The van der Waals surface area contributed by atoms with E-state index in [1.165, 1.54) is 0 Å². The van der Waals surface area contributed by atoms with E-state index in [1.807, 2.05) is 19.1 Å². The van der Waals surface area contributed by atoms with Crippen molar-refractivity contribution < 1.29 is 14.3 Å². The van der Waals surface area contributed by atoms with Gasteiger partial charge in [-0.1, -0.05) is 6.92 Å². The van der Waals surface area contributed by atoms with Crippen molar-refractivity contribution in [2.75, 3.05) is 30.5 Å². The van der Waals surface area contributed by atoms with E-state index in [4.69, 9.17) is 4.74 Å². The van der Waals surface area contributed by atoms with E-state index < -0.39 is 5.41 Å². The van der Waals surface area contributed by atoms with Crippen LogP contribution >= 0.6 is 0 Å². The van der Waals surface area contributed by atoms with E-state index in [-0.39, 0.29) is 11.8 Å². The average molecular weight is 290 g/mol. The molecule has 1 aromatic rings. The first-order valence-electron chi connectivity index (χ1n) is 7.12. The summed E-state index contributed by atoms with van der Waals surface area (Å²) < 4.78 is 5.24. The predicted molar refractivity (Wildman–Crippen MR) is 82.8 cm³/mol. The number of nitrogens with zero attached hydrogens (tertiary/aromatic N) is 2. The molecule has 1 aliphatic heterocycles. The molecule has 0 aliphatic carbocycles. The molecule has 21 heavy (non-hydrogen) atoms. The van der Waals surface area contributed by atoms with Crippen LogP contribution in [0.1, 0.15) is 27.2 Å². The van der Waals surface area contributed by atoms with Crippen molar-refractivity contribution in [1.29, 1.82) is 0 Å². The van der Waals surface area contributed by atoms with E-state index >= 15 is 0 Å². The maximum absolute atomic E-state index is 12.8. The number of fused-ring (bicyclic) bond motifs is 1. The summed E-state index contributed by atoms with van der Waals surface area (Å²) >= 11 is 0. The third-order valence-corrected chi connectivity index (χ3v) is 3.90. The molecule has 5 nitrogen and oxygen atoms in total. The van der Waals surface area contributed by atoms with Crippen molar-refractivity contribution in [2.45, 2.75) is 27.2 Å². The molecule has 1 aliphatic rings. The van der Waals surface area contributed by atoms with Gasteiger partial charge in [-0.15, -0.1) is 0 Å². The lowest BCUT2D eigenvalue weighted by molar-refractivity contribution is -0.137. The summed E-state index contributed by atoms with van der Waals surface area (Å²) in [6.45, 7) is 5.96. The van der Waals surface area contributed by atoms with Crippen LogP contribution in [0.3, 0.4) is 0 Å². The van der Waals surface area contributed by atoms with Crippen LogP contribution < -0.4 is 14.5 Å². The molecule has 0 unspecified atom stereocenters. The van der Waals surface area contributed by atoms with Crippen molar-refractivity contribution in [3.63, 3.8) is 0 Å². The molecule has 0 N–H and O–H groups in total. The third kappa shape index (κ3) is 2.37. The Morgan fingerprint density at radius 1 is 1.14 bits per heavy atom. The zero-order valence-electron chi connectivity index (χ0n) is 13.3. The highest BCUT2D eigenvalue weighted by Crippen LogP contribution is 2.40. The number of anilines is 2. The van der Waals surface area contributed by atoms with Crippen molar-refractivity contribution in [3.05, 3.63) is 18.2 Å². The third-order valence-electron chi connectivity index (χ3n) is 3.90. The second kappa shape index (κ2) is 5.39. The van der Waals surface area contributed by atoms with Crippen molar-refractivity contribution in [1.82, 2.24) is 0 Å².